The Morgan fingerprint density at radius 1 is 1.09 bits per heavy atom. The Hall–Kier alpha value is -3.67. The Labute approximate surface area is 195 Å². The highest BCUT2D eigenvalue weighted by Crippen LogP contribution is 2.48. The van der Waals surface area contributed by atoms with E-state index in [0.29, 0.717) is 17.9 Å². The molecule has 0 amide bonds. The molecule has 2 aromatic carbocycles. The maximum absolute atomic E-state index is 14.0. The molecule has 178 valence electrons. The molecule has 1 aliphatic carbocycles. The molecule has 1 saturated carbocycles. The second-order valence-electron chi connectivity index (χ2n) is 7.51. The molecule has 0 radical (unpaired) electrons. The van der Waals surface area contributed by atoms with Crippen LogP contribution in [0.3, 0.4) is 0 Å². The van der Waals surface area contributed by atoms with E-state index >= 15 is 0 Å². The molecule has 3 aromatic rings. The summed E-state index contributed by atoms with van der Waals surface area (Å²) < 4.78 is 56.6. The third-order valence-electron chi connectivity index (χ3n) is 4.93. The van der Waals surface area contributed by atoms with Crippen LogP contribution >= 0.6 is 11.6 Å². The summed E-state index contributed by atoms with van der Waals surface area (Å²) >= 11 is 5.94. The van der Waals surface area contributed by atoms with Gasteiger partial charge in [-0.25, -0.2) is 9.18 Å². The Morgan fingerprint density at radius 3 is 2.35 bits per heavy atom. The first kappa shape index (κ1) is 23.5. The van der Waals surface area contributed by atoms with Gasteiger partial charge in [-0.2, -0.15) is 28.1 Å². The lowest BCUT2D eigenvalue weighted by Crippen LogP contribution is -2.23. The van der Waals surface area contributed by atoms with Crippen LogP contribution < -0.4 is 15.4 Å². The van der Waals surface area contributed by atoms with E-state index in [1.807, 2.05) is 12.1 Å². The van der Waals surface area contributed by atoms with Crippen LogP contribution in [-0.4, -0.2) is 38.8 Å². The number of halogens is 5. The molecule has 1 heterocycles. The average Bonchev–Trinajstić information content (AvgIpc) is 3.52. The Bertz CT molecular complexity index is 1220. The van der Waals surface area contributed by atoms with E-state index in [-0.39, 0.29) is 17.6 Å². The number of nitrogens with one attached hydrogen (secondary N) is 2. The number of aromatic nitrogens is 3. The zero-order chi connectivity index (χ0) is 24.5. The van der Waals surface area contributed by atoms with Gasteiger partial charge in [0.25, 0.3) is 0 Å². The van der Waals surface area contributed by atoms with Crippen LogP contribution in [0.1, 0.15) is 28.8 Å². The summed E-state index contributed by atoms with van der Waals surface area (Å²) in [6, 6.07) is 9.64. The van der Waals surface area contributed by atoms with Gasteiger partial charge >= 0.3 is 18.2 Å². The van der Waals surface area contributed by atoms with E-state index in [1.54, 1.807) is 12.1 Å². The lowest BCUT2D eigenvalue weighted by Gasteiger charge is -2.19. The molecule has 3 N–H and O–H groups in total. The van der Waals surface area contributed by atoms with E-state index < -0.39 is 41.7 Å². The number of nitrogens with zero attached hydrogens (tertiary/aromatic N) is 3. The number of benzene rings is 2. The third kappa shape index (κ3) is 5.63. The van der Waals surface area contributed by atoms with Gasteiger partial charge in [0.05, 0.1) is 11.1 Å². The number of carboxylic acid groups (broad SMARTS) is 1. The molecule has 1 aliphatic rings. The van der Waals surface area contributed by atoms with Gasteiger partial charge in [-0.1, -0.05) is 23.7 Å². The molecule has 1 aromatic heterocycles. The molecule has 13 heteroatoms. The molecular formula is C21H16ClF4N5O3. The molecule has 0 aliphatic heterocycles. The number of alkyl halides is 3. The van der Waals surface area contributed by atoms with Gasteiger partial charge in [-0.3, -0.25) is 0 Å². The van der Waals surface area contributed by atoms with Crippen molar-refractivity contribution in [3.05, 3.63) is 64.4 Å². The van der Waals surface area contributed by atoms with Crippen LogP contribution in [0.2, 0.25) is 5.02 Å². The topological polar surface area (TPSA) is 109 Å². The van der Waals surface area contributed by atoms with Crippen molar-refractivity contribution in [2.45, 2.75) is 24.6 Å². The lowest BCUT2D eigenvalue weighted by atomic mass is 10.1. The number of ether oxygens (including phenoxy) is 1. The highest BCUT2D eigenvalue weighted by atomic mass is 35.5. The molecular weight excluding hydrogens is 482 g/mol. The molecule has 4 rings (SSSR count). The predicted octanol–water partition coefficient (Wildman–Crippen LogP) is 5.15. The van der Waals surface area contributed by atoms with E-state index in [2.05, 4.69) is 30.3 Å². The largest absolute Gasteiger partial charge is 0.478 e. The van der Waals surface area contributed by atoms with E-state index in [4.69, 9.17) is 16.7 Å². The quantitative estimate of drug-likeness (QED) is 0.367. The number of anilines is 3. The molecule has 0 bridgehead atoms. The fourth-order valence-electron chi connectivity index (χ4n) is 3.17. The summed E-state index contributed by atoms with van der Waals surface area (Å²) in [5.41, 5.74) is -0.132. The van der Waals surface area contributed by atoms with Crippen LogP contribution in [0.25, 0.3) is 0 Å². The minimum absolute atomic E-state index is 0.0650. The monoisotopic (exact) mass is 497 g/mol. The van der Waals surface area contributed by atoms with Gasteiger partial charge in [-0.15, -0.1) is 0 Å². The SMILES string of the molecule is O=C(O)c1ccc(Nc2nc(NC3(c4ccc(Cl)cc4)CC3)nc(OCC(F)(F)F)n2)cc1F. The second-order valence-corrected chi connectivity index (χ2v) is 7.94. The minimum Gasteiger partial charge on any atom is -0.478 e. The molecule has 0 saturated heterocycles. The van der Waals surface area contributed by atoms with Crippen molar-refractivity contribution in [3.63, 3.8) is 0 Å². The number of carbonyl (C=O) groups is 1. The number of carboxylic acids is 1. The van der Waals surface area contributed by atoms with Gasteiger partial charge in [0.15, 0.2) is 6.61 Å². The summed E-state index contributed by atoms with van der Waals surface area (Å²) in [5, 5.41) is 15.2. The zero-order valence-corrected chi connectivity index (χ0v) is 17.9. The minimum atomic E-state index is -4.62. The standard InChI is InChI=1S/C21H16ClF4N5O3/c22-12-3-1-11(2-4-12)20(7-8-20)31-18-28-17(29-19(30-18)34-10-21(24,25)26)27-13-5-6-14(16(32)33)15(23)9-13/h1-6,9H,7-8,10H2,(H,32,33)(H2,27,28,29,30,31). The van der Waals surface area contributed by atoms with Crippen molar-refractivity contribution in [1.82, 2.24) is 15.0 Å². The van der Waals surface area contributed by atoms with Crippen molar-refractivity contribution >= 4 is 35.2 Å². The van der Waals surface area contributed by atoms with Gasteiger partial charge in [0.2, 0.25) is 11.9 Å². The Morgan fingerprint density at radius 2 is 1.76 bits per heavy atom. The summed E-state index contributed by atoms with van der Waals surface area (Å²) in [6.07, 6.45) is -3.20. The average molecular weight is 498 g/mol. The van der Waals surface area contributed by atoms with Crippen molar-refractivity contribution in [2.24, 2.45) is 0 Å². The molecule has 0 atom stereocenters. The predicted molar refractivity (Wildman–Crippen MR) is 114 cm³/mol. The van der Waals surface area contributed by atoms with Crippen LogP contribution in [0.5, 0.6) is 6.01 Å². The molecule has 1 fully saturated rings. The highest BCUT2D eigenvalue weighted by molar-refractivity contribution is 6.30. The van der Waals surface area contributed by atoms with Crippen molar-refractivity contribution in [3.8, 4) is 6.01 Å². The summed E-state index contributed by atoms with van der Waals surface area (Å²) in [5.74, 6) is -2.76. The van der Waals surface area contributed by atoms with Crippen molar-refractivity contribution in [2.75, 3.05) is 17.2 Å². The van der Waals surface area contributed by atoms with Gasteiger partial charge in [0.1, 0.15) is 5.82 Å². The first-order valence-corrected chi connectivity index (χ1v) is 10.2. The third-order valence-corrected chi connectivity index (χ3v) is 5.19. The summed E-state index contributed by atoms with van der Waals surface area (Å²) in [4.78, 5) is 22.9. The highest BCUT2D eigenvalue weighted by Gasteiger charge is 2.45. The first-order valence-electron chi connectivity index (χ1n) is 9.83. The fraction of sp³-hybridized carbons (Fsp3) is 0.238. The summed E-state index contributed by atoms with van der Waals surface area (Å²) in [7, 11) is 0. The van der Waals surface area contributed by atoms with Crippen molar-refractivity contribution in [1.29, 1.82) is 0 Å². The van der Waals surface area contributed by atoms with Crippen LogP contribution in [0.4, 0.5) is 35.1 Å². The number of hydrogen-bond donors (Lipinski definition) is 3. The molecule has 0 unspecified atom stereocenters. The van der Waals surface area contributed by atoms with E-state index in [0.717, 1.165) is 17.7 Å². The Kier molecular flexibility index (Phi) is 6.17. The zero-order valence-electron chi connectivity index (χ0n) is 17.2. The number of aromatic carboxylic acids is 1. The second kappa shape index (κ2) is 8.93. The maximum Gasteiger partial charge on any atom is 0.422 e. The van der Waals surface area contributed by atoms with E-state index in [1.165, 1.54) is 6.07 Å². The van der Waals surface area contributed by atoms with Crippen molar-refractivity contribution < 1.29 is 32.2 Å². The molecule has 34 heavy (non-hydrogen) atoms. The Balaban J connectivity index is 1.62. The number of hydrogen-bond acceptors (Lipinski definition) is 7. The van der Waals surface area contributed by atoms with Gasteiger partial charge in [-0.05, 0) is 48.7 Å². The maximum atomic E-state index is 14.0. The first-order chi connectivity index (χ1) is 16.0. The fourth-order valence-corrected chi connectivity index (χ4v) is 3.29. The molecule has 8 nitrogen and oxygen atoms in total. The van der Waals surface area contributed by atoms with Gasteiger partial charge < -0.3 is 20.5 Å². The van der Waals surface area contributed by atoms with Crippen LogP contribution in [-0.2, 0) is 5.54 Å². The number of rotatable bonds is 8. The normalized spacial score (nSPS) is 14.4. The van der Waals surface area contributed by atoms with Gasteiger partial charge in [0, 0.05) is 10.7 Å². The van der Waals surface area contributed by atoms with Crippen LogP contribution in [0.15, 0.2) is 42.5 Å². The molecule has 0 spiro atoms. The van der Waals surface area contributed by atoms with E-state index in [9.17, 15) is 22.4 Å². The smallest absolute Gasteiger partial charge is 0.422 e. The van der Waals surface area contributed by atoms with Crippen LogP contribution in [0, 0.1) is 5.82 Å². The summed E-state index contributed by atoms with van der Waals surface area (Å²) in [6.45, 7) is -1.62. The lowest BCUT2D eigenvalue weighted by molar-refractivity contribution is -0.154.